The van der Waals surface area contributed by atoms with Gasteiger partial charge in [0.1, 0.15) is 0 Å². The van der Waals surface area contributed by atoms with Crippen molar-refractivity contribution < 1.29 is 0 Å². The van der Waals surface area contributed by atoms with Crippen molar-refractivity contribution in [3.05, 3.63) is 0 Å². The van der Waals surface area contributed by atoms with Gasteiger partial charge in [0.25, 0.3) is 0 Å². The molecular weight excluding hydrogens is 228 g/mol. The molecule has 0 radical (unpaired) electrons. The van der Waals surface area contributed by atoms with Crippen molar-refractivity contribution in [2.24, 2.45) is 11.7 Å². The molecule has 2 fully saturated rings. The van der Waals surface area contributed by atoms with Gasteiger partial charge in [0.05, 0.1) is 0 Å². The van der Waals surface area contributed by atoms with E-state index in [1.807, 2.05) is 0 Å². The summed E-state index contributed by atoms with van der Waals surface area (Å²) in [5.41, 5.74) is 6.50. The van der Waals surface area contributed by atoms with Gasteiger partial charge in [-0.3, -0.25) is 4.90 Å². The Balaban J connectivity index is 2.07. The molecule has 100 valence electrons. The van der Waals surface area contributed by atoms with Gasteiger partial charge in [-0.2, -0.15) is 11.8 Å². The van der Waals surface area contributed by atoms with Gasteiger partial charge >= 0.3 is 0 Å². The number of thioether (sulfide) groups is 1. The largest absolute Gasteiger partial charge is 0.329 e. The minimum absolute atomic E-state index is 0.337. The first-order chi connectivity index (χ1) is 8.09. The molecule has 1 heterocycles. The average Bonchev–Trinajstić information content (AvgIpc) is 2.72. The standard InChI is InChI=1S/C14H28N2S/c1-4-13-5-6-14(7-13,10-15)16-8-11(2)17-12(3)9-16/h11-13H,4-10,15H2,1-3H3. The van der Waals surface area contributed by atoms with E-state index < -0.39 is 0 Å². The molecule has 2 rings (SSSR count). The molecule has 3 heteroatoms. The lowest BCUT2D eigenvalue weighted by Gasteiger charge is -2.46. The van der Waals surface area contributed by atoms with Gasteiger partial charge in [-0.1, -0.05) is 27.2 Å². The van der Waals surface area contributed by atoms with Crippen LogP contribution in [-0.4, -0.2) is 40.6 Å². The van der Waals surface area contributed by atoms with Crippen LogP contribution in [-0.2, 0) is 0 Å². The molecule has 2 N–H and O–H groups in total. The van der Waals surface area contributed by atoms with Crippen LogP contribution in [0, 0.1) is 5.92 Å². The van der Waals surface area contributed by atoms with Gasteiger partial charge in [-0.25, -0.2) is 0 Å². The maximum atomic E-state index is 6.16. The second-order valence-electron chi connectivity index (χ2n) is 6.11. The van der Waals surface area contributed by atoms with Crippen LogP contribution in [0.25, 0.3) is 0 Å². The van der Waals surface area contributed by atoms with E-state index in [4.69, 9.17) is 5.73 Å². The molecule has 0 aromatic rings. The number of nitrogens with zero attached hydrogens (tertiary/aromatic N) is 1. The molecular formula is C14H28N2S. The number of hydrogen-bond acceptors (Lipinski definition) is 3. The van der Waals surface area contributed by atoms with Crippen molar-refractivity contribution >= 4 is 11.8 Å². The third-order valence-electron chi connectivity index (χ3n) is 4.73. The van der Waals surface area contributed by atoms with Gasteiger partial charge in [-0.05, 0) is 25.2 Å². The Morgan fingerprint density at radius 2 is 1.94 bits per heavy atom. The average molecular weight is 256 g/mol. The Morgan fingerprint density at radius 3 is 2.41 bits per heavy atom. The topological polar surface area (TPSA) is 29.3 Å². The highest BCUT2D eigenvalue weighted by Gasteiger charge is 2.44. The second-order valence-corrected chi connectivity index (χ2v) is 7.99. The molecule has 0 amide bonds. The van der Waals surface area contributed by atoms with Crippen molar-refractivity contribution in [2.75, 3.05) is 19.6 Å². The van der Waals surface area contributed by atoms with Crippen LogP contribution < -0.4 is 5.73 Å². The van der Waals surface area contributed by atoms with Crippen LogP contribution in [0.2, 0.25) is 0 Å². The van der Waals surface area contributed by atoms with Crippen LogP contribution in [0.3, 0.4) is 0 Å². The number of rotatable bonds is 3. The van der Waals surface area contributed by atoms with Crippen LogP contribution in [0.15, 0.2) is 0 Å². The van der Waals surface area contributed by atoms with E-state index in [0.717, 1.165) is 23.0 Å². The van der Waals surface area contributed by atoms with E-state index >= 15 is 0 Å². The normalized spacial score (nSPS) is 44.1. The highest BCUT2D eigenvalue weighted by atomic mass is 32.2. The first-order valence-electron chi connectivity index (χ1n) is 7.20. The summed E-state index contributed by atoms with van der Waals surface area (Å²) >= 11 is 2.14. The lowest BCUT2D eigenvalue weighted by Crippen LogP contribution is -2.57. The minimum Gasteiger partial charge on any atom is -0.329 e. The zero-order valence-electron chi connectivity index (χ0n) is 11.6. The Labute approximate surface area is 111 Å². The smallest absolute Gasteiger partial charge is 0.0335 e. The molecule has 1 aliphatic heterocycles. The quantitative estimate of drug-likeness (QED) is 0.842. The maximum absolute atomic E-state index is 6.16. The molecule has 0 spiro atoms. The summed E-state index contributed by atoms with van der Waals surface area (Å²) in [4.78, 5) is 2.73. The molecule has 2 nitrogen and oxygen atoms in total. The summed E-state index contributed by atoms with van der Waals surface area (Å²) in [5, 5.41) is 1.53. The molecule has 1 aliphatic carbocycles. The maximum Gasteiger partial charge on any atom is 0.0335 e. The molecule has 1 saturated heterocycles. The van der Waals surface area contributed by atoms with Gasteiger partial charge in [0.2, 0.25) is 0 Å². The fourth-order valence-electron chi connectivity index (χ4n) is 3.73. The summed E-state index contributed by atoms with van der Waals surface area (Å²) in [6.07, 6.45) is 5.38. The zero-order valence-corrected chi connectivity index (χ0v) is 12.4. The second kappa shape index (κ2) is 5.50. The molecule has 0 aromatic heterocycles. The highest BCUT2D eigenvalue weighted by Crippen LogP contribution is 2.42. The van der Waals surface area contributed by atoms with Crippen molar-refractivity contribution in [3.63, 3.8) is 0 Å². The van der Waals surface area contributed by atoms with E-state index in [2.05, 4.69) is 37.4 Å². The summed E-state index contributed by atoms with van der Waals surface area (Å²) in [6.45, 7) is 10.4. The molecule has 4 atom stereocenters. The monoisotopic (exact) mass is 256 g/mol. The summed E-state index contributed by atoms with van der Waals surface area (Å²) in [5.74, 6) is 0.916. The summed E-state index contributed by atoms with van der Waals surface area (Å²) in [6, 6.07) is 0. The van der Waals surface area contributed by atoms with Gasteiger partial charge in [0.15, 0.2) is 0 Å². The first kappa shape index (κ1) is 13.7. The predicted octanol–water partition coefficient (Wildman–Crippen LogP) is 2.72. The summed E-state index contributed by atoms with van der Waals surface area (Å²) in [7, 11) is 0. The molecule has 17 heavy (non-hydrogen) atoms. The Bertz CT molecular complexity index is 249. The molecule has 2 aliphatic rings. The Kier molecular flexibility index (Phi) is 4.43. The van der Waals surface area contributed by atoms with Crippen molar-refractivity contribution in [1.82, 2.24) is 4.90 Å². The van der Waals surface area contributed by atoms with E-state index in [-0.39, 0.29) is 0 Å². The zero-order chi connectivity index (χ0) is 12.5. The molecule has 1 saturated carbocycles. The van der Waals surface area contributed by atoms with Gasteiger partial charge < -0.3 is 5.73 Å². The lowest BCUT2D eigenvalue weighted by atomic mass is 9.92. The fraction of sp³-hybridized carbons (Fsp3) is 1.00. The third-order valence-corrected chi connectivity index (χ3v) is 5.96. The van der Waals surface area contributed by atoms with Crippen molar-refractivity contribution in [3.8, 4) is 0 Å². The third kappa shape index (κ3) is 2.82. The van der Waals surface area contributed by atoms with E-state index in [0.29, 0.717) is 5.54 Å². The van der Waals surface area contributed by atoms with Crippen molar-refractivity contribution in [1.29, 1.82) is 0 Å². The predicted molar refractivity (Wildman–Crippen MR) is 77.5 cm³/mol. The Morgan fingerprint density at radius 1 is 1.29 bits per heavy atom. The highest BCUT2D eigenvalue weighted by molar-refractivity contribution is 8.00. The fourth-order valence-corrected chi connectivity index (χ4v) is 5.05. The van der Waals surface area contributed by atoms with Crippen LogP contribution in [0.1, 0.15) is 46.5 Å². The van der Waals surface area contributed by atoms with E-state index in [1.54, 1.807) is 0 Å². The van der Waals surface area contributed by atoms with E-state index in [1.165, 1.54) is 38.8 Å². The molecule has 0 bridgehead atoms. The van der Waals surface area contributed by atoms with Crippen LogP contribution in [0.5, 0.6) is 0 Å². The first-order valence-corrected chi connectivity index (χ1v) is 8.14. The molecule has 4 unspecified atom stereocenters. The van der Waals surface area contributed by atoms with Crippen molar-refractivity contribution in [2.45, 2.75) is 62.5 Å². The minimum atomic E-state index is 0.337. The van der Waals surface area contributed by atoms with Gasteiger partial charge in [-0.15, -0.1) is 0 Å². The van der Waals surface area contributed by atoms with Gasteiger partial charge in [0, 0.05) is 35.7 Å². The van der Waals surface area contributed by atoms with Crippen LogP contribution in [0.4, 0.5) is 0 Å². The Hall–Kier alpha value is 0.270. The summed E-state index contributed by atoms with van der Waals surface area (Å²) < 4.78 is 0. The number of nitrogens with two attached hydrogens (primary N) is 1. The molecule has 0 aromatic carbocycles. The van der Waals surface area contributed by atoms with Crippen LogP contribution >= 0.6 is 11.8 Å². The SMILES string of the molecule is CCC1CCC(CN)(N2CC(C)SC(C)C2)C1. The lowest BCUT2D eigenvalue weighted by molar-refractivity contribution is 0.0929. The number of hydrogen-bond donors (Lipinski definition) is 1. The van der Waals surface area contributed by atoms with E-state index in [9.17, 15) is 0 Å².